The molecule has 0 saturated carbocycles. The number of hydrogen-bond donors (Lipinski definition) is 2. The average molecular weight is 272 g/mol. The van der Waals surface area contributed by atoms with Gasteiger partial charge in [-0.2, -0.15) is 0 Å². The molecule has 0 heterocycles. The quantitative estimate of drug-likeness (QED) is 0.812. The monoisotopic (exact) mass is 271 g/mol. The molecule has 0 aliphatic rings. The van der Waals surface area contributed by atoms with Gasteiger partial charge in [-0.25, -0.2) is 4.79 Å². The van der Waals surface area contributed by atoms with Gasteiger partial charge in [-0.15, -0.1) is 0 Å². The van der Waals surface area contributed by atoms with Crippen LogP contribution in [0.4, 0.5) is 0 Å². The van der Waals surface area contributed by atoms with Crippen molar-refractivity contribution in [2.75, 3.05) is 13.7 Å². The summed E-state index contributed by atoms with van der Waals surface area (Å²) in [5.74, 6) is -1.56. The minimum Gasteiger partial charge on any atom is -0.480 e. The number of amides is 1. The molecule has 0 fully saturated rings. The Morgan fingerprint density at radius 2 is 2.22 bits per heavy atom. The van der Waals surface area contributed by atoms with Crippen molar-refractivity contribution in [1.82, 2.24) is 5.32 Å². The first-order valence-corrected chi connectivity index (χ1v) is 5.66. The van der Waals surface area contributed by atoms with Gasteiger partial charge < -0.3 is 15.2 Å². The summed E-state index contributed by atoms with van der Waals surface area (Å²) in [5.41, 5.74) is 0.743. The first kappa shape index (κ1) is 14.5. The second-order valence-electron chi connectivity index (χ2n) is 3.73. The van der Waals surface area contributed by atoms with Gasteiger partial charge >= 0.3 is 5.97 Å². The van der Waals surface area contributed by atoms with Crippen LogP contribution in [0, 0.1) is 0 Å². The van der Waals surface area contributed by atoms with Gasteiger partial charge in [0.2, 0.25) is 5.91 Å². The second-order valence-corrected chi connectivity index (χ2v) is 4.16. The van der Waals surface area contributed by atoms with Crippen LogP contribution in [0.3, 0.4) is 0 Å². The van der Waals surface area contributed by atoms with Gasteiger partial charge in [-0.05, 0) is 17.7 Å². The van der Waals surface area contributed by atoms with Crippen LogP contribution < -0.4 is 5.32 Å². The van der Waals surface area contributed by atoms with Gasteiger partial charge in [0.1, 0.15) is 12.6 Å². The Morgan fingerprint density at radius 3 is 2.78 bits per heavy atom. The molecule has 0 bridgehead atoms. The zero-order chi connectivity index (χ0) is 13.5. The van der Waals surface area contributed by atoms with E-state index in [1.54, 1.807) is 24.3 Å². The molecule has 0 unspecified atom stereocenters. The number of benzene rings is 1. The number of aliphatic carboxylic acids is 1. The molecule has 5 nitrogen and oxygen atoms in total. The standard InChI is InChI=1S/C12H14ClNO4/c1-18-7-11(15)14-10(12(16)17)6-8-3-2-4-9(13)5-8/h2-5,10H,6-7H2,1H3,(H,14,15)(H,16,17)/t10-/m0/s1. The first-order chi connectivity index (χ1) is 8.52. The maximum Gasteiger partial charge on any atom is 0.326 e. The van der Waals surface area contributed by atoms with Gasteiger partial charge in [0, 0.05) is 18.6 Å². The zero-order valence-electron chi connectivity index (χ0n) is 9.85. The predicted octanol–water partition coefficient (Wildman–Crippen LogP) is 1.10. The number of ether oxygens (including phenoxy) is 1. The third kappa shape index (κ3) is 4.73. The highest BCUT2D eigenvalue weighted by molar-refractivity contribution is 6.30. The van der Waals surface area contributed by atoms with Crippen LogP contribution in [0.25, 0.3) is 0 Å². The molecule has 1 aromatic carbocycles. The van der Waals surface area contributed by atoms with E-state index in [-0.39, 0.29) is 13.0 Å². The number of carbonyl (C=O) groups is 2. The molecular weight excluding hydrogens is 258 g/mol. The molecule has 1 amide bonds. The molecule has 0 saturated heterocycles. The number of nitrogens with one attached hydrogen (secondary N) is 1. The van der Waals surface area contributed by atoms with Gasteiger partial charge in [-0.1, -0.05) is 23.7 Å². The Balaban J connectivity index is 2.69. The zero-order valence-corrected chi connectivity index (χ0v) is 10.6. The lowest BCUT2D eigenvalue weighted by Gasteiger charge is -2.14. The van der Waals surface area contributed by atoms with Crippen LogP contribution in [0.1, 0.15) is 5.56 Å². The van der Waals surface area contributed by atoms with Crippen LogP contribution in [0.5, 0.6) is 0 Å². The van der Waals surface area contributed by atoms with Crippen molar-refractivity contribution in [2.45, 2.75) is 12.5 Å². The van der Waals surface area contributed by atoms with Crippen LogP contribution in [0.15, 0.2) is 24.3 Å². The fraction of sp³-hybridized carbons (Fsp3) is 0.333. The van der Waals surface area contributed by atoms with Gasteiger partial charge in [0.15, 0.2) is 0 Å². The largest absolute Gasteiger partial charge is 0.480 e. The van der Waals surface area contributed by atoms with E-state index in [0.717, 1.165) is 5.56 Å². The molecule has 0 aliphatic heterocycles. The molecule has 1 rings (SSSR count). The minimum atomic E-state index is -1.10. The number of carboxylic acid groups (broad SMARTS) is 1. The molecule has 1 atom stereocenters. The number of halogens is 1. The summed E-state index contributed by atoms with van der Waals surface area (Å²) in [5, 5.41) is 11.9. The summed E-state index contributed by atoms with van der Waals surface area (Å²) in [7, 11) is 1.37. The molecule has 0 aromatic heterocycles. The van der Waals surface area contributed by atoms with E-state index in [0.29, 0.717) is 5.02 Å². The molecule has 0 spiro atoms. The maximum absolute atomic E-state index is 11.3. The molecule has 6 heteroatoms. The number of carboxylic acids is 1. The summed E-state index contributed by atoms with van der Waals surface area (Å²) in [6, 6.07) is 5.86. The Hall–Kier alpha value is -1.59. The summed E-state index contributed by atoms with van der Waals surface area (Å²) >= 11 is 5.81. The second kappa shape index (κ2) is 6.98. The Bertz CT molecular complexity index is 436. The smallest absolute Gasteiger partial charge is 0.326 e. The lowest BCUT2D eigenvalue weighted by Crippen LogP contribution is -2.43. The van der Waals surface area contributed by atoms with Crippen molar-refractivity contribution in [3.05, 3.63) is 34.9 Å². The van der Waals surface area contributed by atoms with Crippen molar-refractivity contribution >= 4 is 23.5 Å². The van der Waals surface area contributed by atoms with Crippen LogP contribution in [-0.4, -0.2) is 36.7 Å². The lowest BCUT2D eigenvalue weighted by molar-refractivity contribution is -0.142. The predicted molar refractivity (Wildman–Crippen MR) is 66.6 cm³/mol. The lowest BCUT2D eigenvalue weighted by atomic mass is 10.1. The molecular formula is C12H14ClNO4. The van der Waals surface area contributed by atoms with E-state index in [2.05, 4.69) is 10.1 Å². The fourth-order valence-corrected chi connectivity index (χ4v) is 1.68. The summed E-state index contributed by atoms with van der Waals surface area (Å²) < 4.78 is 4.63. The Labute approximate surface area is 110 Å². The Kier molecular flexibility index (Phi) is 5.61. The summed E-state index contributed by atoms with van der Waals surface area (Å²) in [6.45, 7) is -0.167. The highest BCUT2D eigenvalue weighted by Crippen LogP contribution is 2.12. The van der Waals surface area contributed by atoms with E-state index in [9.17, 15) is 9.59 Å². The normalized spacial score (nSPS) is 11.9. The minimum absolute atomic E-state index is 0.167. The molecule has 18 heavy (non-hydrogen) atoms. The molecule has 0 radical (unpaired) electrons. The van der Waals surface area contributed by atoms with Crippen LogP contribution >= 0.6 is 11.6 Å². The van der Waals surface area contributed by atoms with Crippen molar-refractivity contribution in [2.24, 2.45) is 0 Å². The fourth-order valence-electron chi connectivity index (χ4n) is 1.47. The van der Waals surface area contributed by atoms with E-state index in [1.165, 1.54) is 7.11 Å². The van der Waals surface area contributed by atoms with Gasteiger partial charge in [0.05, 0.1) is 0 Å². The number of methoxy groups -OCH3 is 1. The van der Waals surface area contributed by atoms with Crippen molar-refractivity contribution in [3.8, 4) is 0 Å². The third-order valence-electron chi connectivity index (χ3n) is 2.24. The van der Waals surface area contributed by atoms with E-state index in [4.69, 9.17) is 16.7 Å². The van der Waals surface area contributed by atoms with E-state index < -0.39 is 17.9 Å². The van der Waals surface area contributed by atoms with Gasteiger partial charge in [-0.3, -0.25) is 4.79 Å². The number of rotatable bonds is 6. The van der Waals surface area contributed by atoms with Crippen LogP contribution in [0.2, 0.25) is 5.02 Å². The molecule has 1 aromatic rings. The summed E-state index contributed by atoms with van der Waals surface area (Å²) in [6.07, 6.45) is 0.172. The Morgan fingerprint density at radius 1 is 1.50 bits per heavy atom. The number of carbonyl (C=O) groups excluding carboxylic acids is 1. The highest BCUT2D eigenvalue weighted by atomic mass is 35.5. The molecule has 98 valence electrons. The topological polar surface area (TPSA) is 75.6 Å². The first-order valence-electron chi connectivity index (χ1n) is 5.28. The molecule has 2 N–H and O–H groups in total. The highest BCUT2D eigenvalue weighted by Gasteiger charge is 2.20. The SMILES string of the molecule is COCC(=O)N[C@@H](Cc1cccc(Cl)c1)C(=O)O. The van der Waals surface area contributed by atoms with Crippen molar-refractivity contribution in [3.63, 3.8) is 0 Å². The third-order valence-corrected chi connectivity index (χ3v) is 2.47. The van der Waals surface area contributed by atoms with Crippen molar-refractivity contribution in [1.29, 1.82) is 0 Å². The van der Waals surface area contributed by atoms with Crippen molar-refractivity contribution < 1.29 is 19.4 Å². The molecule has 0 aliphatic carbocycles. The average Bonchev–Trinajstić information content (AvgIpc) is 2.28. The number of hydrogen-bond acceptors (Lipinski definition) is 3. The van der Waals surface area contributed by atoms with Crippen LogP contribution in [-0.2, 0) is 20.7 Å². The summed E-state index contributed by atoms with van der Waals surface area (Å²) in [4.78, 5) is 22.3. The maximum atomic E-state index is 11.3. The van der Waals surface area contributed by atoms with E-state index in [1.807, 2.05) is 0 Å². The van der Waals surface area contributed by atoms with Gasteiger partial charge in [0.25, 0.3) is 0 Å². The van der Waals surface area contributed by atoms with E-state index >= 15 is 0 Å².